The quantitative estimate of drug-likeness (QED) is 0.788. The molecule has 0 unspecified atom stereocenters. The van der Waals surface area contributed by atoms with Crippen LogP contribution in [0.3, 0.4) is 0 Å². The Kier molecular flexibility index (Phi) is 4.38. The van der Waals surface area contributed by atoms with Gasteiger partial charge in [0, 0.05) is 5.02 Å². The molecule has 0 spiro atoms. The van der Waals surface area contributed by atoms with Gasteiger partial charge in [0.25, 0.3) is 0 Å². The van der Waals surface area contributed by atoms with Crippen LogP contribution in [-0.4, -0.2) is 11.0 Å². The summed E-state index contributed by atoms with van der Waals surface area (Å²) < 4.78 is 14.6. The summed E-state index contributed by atoms with van der Waals surface area (Å²) in [4.78, 5) is 10.6. The van der Waals surface area contributed by atoms with E-state index in [1.54, 1.807) is 18.2 Å². The maximum absolute atomic E-state index is 11.0. The molecule has 2 aromatic rings. The third-order valence-corrected chi connectivity index (χ3v) is 3.04. The number of aromatic nitrogens is 1. The van der Waals surface area contributed by atoms with Crippen molar-refractivity contribution in [3.63, 3.8) is 0 Å². The van der Waals surface area contributed by atoms with Crippen LogP contribution >= 0.6 is 23.1 Å². The van der Waals surface area contributed by atoms with E-state index in [9.17, 15) is 4.79 Å². The third kappa shape index (κ3) is 3.11. The lowest BCUT2D eigenvalue weighted by atomic mass is 10.2. The van der Waals surface area contributed by atoms with E-state index in [-0.39, 0.29) is 5.89 Å². The summed E-state index contributed by atoms with van der Waals surface area (Å²) in [7, 11) is 0. The van der Waals surface area contributed by atoms with Crippen LogP contribution in [0.5, 0.6) is 5.75 Å². The predicted octanol–water partition coefficient (Wildman–Crippen LogP) is 3.60. The van der Waals surface area contributed by atoms with Crippen LogP contribution in [0.2, 0.25) is 5.02 Å². The van der Waals surface area contributed by atoms with Gasteiger partial charge in [0.2, 0.25) is 5.89 Å². The number of rotatable bonds is 5. The first-order valence-corrected chi connectivity index (χ1v) is 6.75. The summed E-state index contributed by atoms with van der Waals surface area (Å²) in [6.07, 6.45) is 1.99. The van der Waals surface area contributed by atoms with Crippen molar-refractivity contribution in [2.24, 2.45) is 0 Å². The van der Waals surface area contributed by atoms with E-state index >= 15 is 0 Å². The molecular formula is C12H12ClNO3S. The largest absolute Gasteiger partial charge is 0.493 e. The average molecular weight is 286 g/mol. The molecule has 0 saturated carbocycles. The van der Waals surface area contributed by atoms with E-state index in [0.29, 0.717) is 22.9 Å². The third-order valence-electron chi connectivity index (χ3n) is 2.31. The highest BCUT2D eigenvalue weighted by Gasteiger charge is 2.13. The van der Waals surface area contributed by atoms with Gasteiger partial charge in [-0.3, -0.25) is 0 Å². The fourth-order valence-electron chi connectivity index (χ4n) is 1.42. The molecule has 0 fully saturated rings. The molecule has 0 aliphatic rings. The lowest BCUT2D eigenvalue weighted by Gasteiger charge is -2.09. The van der Waals surface area contributed by atoms with Gasteiger partial charge in [-0.1, -0.05) is 24.9 Å². The lowest BCUT2D eigenvalue weighted by Crippen LogP contribution is -1.98. The summed E-state index contributed by atoms with van der Waals surface area (Å²) in [5.41, 5.74) is 0.647. The van der Waals surface area contributed by atoms with Gasteiger partial charge in [-0.15, -0.1) is 4.37 Å². The second-order valence-corrected chi connectivity index (χ2v) is 4.82. The minimum atomic E-state index is -0.431. The molecule has 1 heterocycles. The van der Waals surface area contributed by atoms with Gasteiger partial charge in [0.15, 0.2) is 0 Å². The number of benzene rings is 1. The van der Waals surface area contributed by atoms with Gasteiger partial charge in [-0.25, -0.2) is 4.79 Å². The minimum absolute atomic E-state index is 0.271. The summed E-state index contributed by atoms with van der Waals surface area (Å²) in [5, 5.41) is 0.572. The molecule has 0 aliphatic carbocycles. The number of halogens is 1. The molecule has 0 amide bonds. The van der Waals surface area contributed by atoms with Crippen LogP contribution in [0.15, 0.2) is 27.4 Å². The van der Waals surface area contributed by atoms with Crippen LogP contribution in [0.1, 0.15) is 19.8 Å². The maximum Gasteiger partial charge on any atom is 0.414 e. The Morgan fingerprint density at radius 3 is 3.00 bits per heavy atom. The fraction of sp³-hybridized carbons (Fsp3) is 0.333. The van der Waals surface area contributed by atoms with E-state index in [2.05, 4.69) is 11.3 Å². The number of hydrogen-bond donors (Lipinski definition) is 0. The monoisotopic (exact) mass is 285 g/mol. The molecule has 6 heteroatoms. The van der Waals surface area contributed by atoms with Crippen molar-refractivity contribution < 1.29 is 9.15 Å². The van der Waals surface area contributed by atoms with Crippen molar-refractivity contribution in [2.45, 2.75) is 19.8 Å². The molecule has 0 aliphatic heterocycles. The standard InChI is InChI=1S/C12H12ClNO3S/c1-2-3-6-16-10-7-8(13)4-5-9(10)11-14-18-12(15)17-11/h4-5,7H,2-3,6H2,1H3. The van der Waals surface area contributed by atoms with Gasteiger partial charge in [0.1, 0.15) is 5.75 Å². The maximum atomic E-state index is 11.0. The molecule has 1 aromatic heterocycles. The summed E-state index contributed by atoms with van der Waals surface area (Å²) in [6, 6.07) is 5.15. The number of unbranched alkanes of at least 4 members (excludes halogenated alkanes) is 1. The van der Waals surface area contributed by atoms with Crippen LogP contribution in [0, 0.1) is 0 Å². The summed E-state index contributed by atoms with van der Waals surface area (Å²) in [5.74, 6) is 0.859. The predicted molar refractivity (Wildman–Crippen MR) is 71.5 cm³/mol. The second kappa shape index (κ2) is 6.02. The van der Waals surface area contributed by atoms with E-state index in [1.807, 2.05) is 0 Å². The zero-order valence-corrected chi connectivity index (χ0v) is 11.4. The summed E-state index contributed by atoms with van der Waals surface area (Å²) in [6.45, 7) is 2.68. The zero-order chi connectivity index (χ0) is 13.0. The highest BCUT2D eigenvalue weighted by molar-refractivity contribution is 7.02. The average Bonchev–Trinajstić information content (AvgIpc) is 2.76. The Balaban J connectivity index is 2.31. The number of ether oxygens (including phenoxy) is 1. The van der Waals surface area contributed by atoms with Crippen molar-refractivity contribution in [3.05, 3.63) is 33.0 Å². The number of hydrogen-bond acceptors (Lipinski definition) is 5. The van der Waals surface area contributed by atoms with Gasteiger partial charge < -0.3 is 9.15 Å². The molecule has 0 radical (unpaired) electrons. The topological polar surface area (TPSA) is 52.3 Å². The van der Waals surface area contributed by atoms with Crippen molar-refractivity contribution >= 4 is 23.1 Å². The van der Waals surface area contributed by atoms with Gasteiger partial charge in [-0.2, -0.15) is 0 Å². The Hall–Kier alpha value is -1.33. The first kappa shape index (κ1) is 13.1. The molecule has 0 atom stereocenters. The van der Waals surface area contributed by atoms with Crippen molar-refractivity contribution in [3.8, 4) is 17.2 Å². The Labute approximate surface area is 113 Å². The molecule has 4 nitrogen and oxygen atoms in total. The first-order chi connectivity index (χ1) is 8.70. The highest BCUT2D eigenvalue weighted by atomic mass is 35.5. The molecule has 18 heavy (non-hydrogen) atoms. The molecule has 0 N–H and O–H groups in total. The normalized spacial score (nSPS) is 10.6. The van der Waals surface area contributed by atoms with Crippen LogP contribution in [0.25, 0.3) is 11.5 Å². The van der Waals surface area contributed by atoms with E-state index in [1.165, 1.54) is 0 Å². The second-order valence-electron chi connectivity index (χ2n) is 3.68. The van der Waals surface area contributed by atoms with E-state index in [0.717, 1.165) is 24.4 Å². The van der Waals surface area contributed by atoms with Crippen molar-refractivity contribution in [2.75, 3.05) is 6.61 Å². The lowest BCUT2D eigenvalue weighted by molar-refractivity contribution is 0.309. The molecule has 96 valence electrons. The Morgan fingerprint density at radius 1 is 1.50 bits per heavy atom. The highest BCUT2D eigenvalue weighted by Crippen LogP contribution is 2.31. The van der Waals surface area contributed by atoms with Gasteiger partial charge in [-0.05, 0) is 24.6 Å². The SMILES string of the molecule is CCCCOc1cc(Cl)ccc1-c1nsc(=O)o1. The molecule has 0 saturated heterocycles. The van der Waals surface area contributed by atoms with Crippen molar-refractivity contribution in [1.82, 2.24) is 4.37 Å². The molecular weight excluding hydrogens is 274 g/mol. The van der Waals surface area contributed by atoms with Crippen LogP contribution in [0.4, 0.5) is 0 Å². The molecule has 1 aromatic carbocycles. The van der Waals surface area contributed by atoms with Gasteiger partial charge >= 0.3 is 4.94 Å². The first-order valence-electron chi connectivity index (χ1n) is 5.60. The minimum Gasteiger partial charge on any atom is -0.493 e. The van der Waals surface area contributed by atoms with Crippen LogP contribution < -0.4 is 9.68 Å². The Bertz CT molecular complexity index is 579. The van der Waals surface area contributed by atoms with Gasteiger partial charge in [0.05, 0.1) is 23.7 Å². The Morgan fingerprint density at radius 2 is 2.33 bits per heavy atom. The summed E-state index contributed by atoms with van der Waals surface area (Å²) >= 11 is 6.71. The molecule has 2 rings (SSSR count). The fourth-order valence-corrected chi connectivity index (χ4v) is 1.99. The zero-order valence-electron chi connectivity index (χ0n) is 9.81. The molecule has 0 bridgehead atoms. The number of nitrogens with zero attached hydrogens (tertiary/aromatic N) is 1. The van der Waals surface area contributed by atoms with E-state index in [4.69, 9.17) is 20.8 Å². The van der Waals surface area contributed by atoms with Crippen LogP contribution in [-0.2, 0) is 0 Å². The van der Waals surface area contributed by atoms with Crippen molar-refractivity contribution in [1.29, 1.82) is 0 Å². The smallest absolute Gasteiger partial charge is 0.414 e. The van der Waals surface area contributed by atoms with E-state index < -0.39 is 4.94 Å².